The third-order valence-corrected chi connectivity index (χ3v) is 0.991. The van der Waals surface area contributed by atoms with Crippen LogP contribution in [0.2, 0.25) is 0 Å². The van der Waals surface area contributed by atoms with E-state index < -0.39 is 18.9 Å². The predicted molar refractivity (Wildman–Crippen MR) is 37.1 cm³/mol. The lowest BCUT2D eigenvalue weighted by molar-refractivity contribution is -0.125. The number of carbonyl (C=O) groups is 1. The van der Waals surface area contributed by atoms with Crippen molar-refractivity contribution in [3.05, 3.63) is 0 Å². The van der Waals surface area contributed by atoms with Gasteiger partial charge >= 0.3 is 0 Å². The highest BCUT2D eigenvalue weighted by Crippen LogP contribution is 1.94. The number of nitrogens with zero attached hydrogens (tertiary/aromatic N) is 1. The van der Waals surface area contributed by atoms with Gasteiger partial charge in [-0.1, -0.05) is 5.92 Å². The van der Waals surface area contributed by atoms with Gasteiger partial charge in [-0.25, -0.2) is 8.78 Å². The number of rotatable bonds is 2. The molecule has 0 aliphatic carbocycles. The number of halogens is 2. The molecule has 0 heterocycles. The van der Waals surface area contributed by atoms with Crippen molar-refractivity contribution in [3.63, 3.8) is 0 Å². The van der Waals surface area contributed by atoms with Crippen LogP contribution < -0.4 is 0 Å². The molecule has 0 unspecified atom stereocenters. The fourth-order valence-corrected chi connectivity index (χ4v) is 0.492. The van der Waals surface area contributed by atoms with Crippen LogP contribution in [0.25, 0.3) is 0 Å². The molecule has 0 fully saturated rings. The monoisotopic (exact) mass is 161 g/mol. The standard InChI is InChI=1S/C7H9F2NO/c1-3-4-7(11)10(2)5-6(8)9/h6H,5H2,1-2H3. The molecule has 4 heteroatoms. The maximum atomic E-state index is 11.6. The highest BCUT2D eigenvalue weighted by atomic mass is 19.3. The number of alkyl halides is 2. The Morgan fingerprint density at radius 1 is 1.64 bits per heavy atom. The number of hydrogen-bond donors (Lipinski definition) is 0. The topological polar surface area (TPSA) is 20.3 Å². The van der Waals surface area contributed by atoms with E-state index in [9.17, 15) is 13.6 Å². The molecule has 0 bridgehead atoms. The summed E-state index contributed by atoms with van der Waals surface area (Å²) < 4.78 is 23.3. The molecular formula is C7H9F2NO. The van der Waals surface area contributed by atoms with E-state index in [1.807, 2.05) is 0 Å². The molecule has 11 heavy (non-hydrogen) atoms. The van der Waals surface area contributed by atoms with Crippen molar-refractivity contribution >= 4 is 5.91 Å². The number of amides is 1. The van der Waals surface area contributed by atoms with E-state index in [-0.39, 0.29) is 0 Å². The van der Waals surface area contributed by atoms with Crippen molar-refractivity contribution in [3.8, 4) is 11.8 Å². The summed E-state index contributed by atoms with van der Waals surface area (Å²) in [6.07, 6.45) is -2.50. The second-order valence-electron chi connectivity index (χ2n) is 1.95. The molecular weight excluding hydrogens is 152 g/mol. The molecule has 2 nitrogen and oxygen atoms in total. The summed E-state index contributed by atoms with van der Waals surface area (Å²) >= 11 is 0. The maximum absolute atomic E-state index is 11.6. The number of hydrogen-bond acceptors (Lipinski definition) is 1. The average Bonchev–Trinajstić information content (AvgIpc) is 1.86. The molecule has 0 atom stereocenters. The van der Waals surface area contributed by atoms with Crippen LogP contribution in [0.3, 0.4) is 0 Å². The number of carbonyl (C=O) groups excluding carboxylic acids is 1. The molecule has 0 radical (unpaired) electrons. The Balaban J connectivity index is 3.89. The van der Waals surface area contributed by atoms with Crippen LogP contribution in [0, 0.1) is 11.8 Å². The van der Waals surface area contributed by atoms with E-state index in [4.69, 9.17) is 0 Å². The molecule has 1 amide bonds. The summed E-state index contributed by atoms with van der Waals surface area (Å²) in [6, 6.07) is 0. The van der Waals surface area contributed by atoms with Crippen molar-refractivity contribution in [1.82, 2.24) is 4.90 Å². The van der Waals surface area contributed by atoms with Gasteiger partial charge in [0.1, 0.15) is 0 Å². The van der Waals surface area contributed by atoms with E-state index in [0.29, 0.717) is 0 Å². The van der Waals surface area contributed by atoms with Crippen molar-refractivity contribution in [2.45, 2.75) is 13.3 Å². The fourth-order valence-electron chi connectivity index (χ4n) is 0.492. The van der Waals surface area contributed by atoms with E-state index in [1.54, 1.807) is 0 Å². The van der Waals surface area contributed by atoms with Crippen LogP contribution in [0.15, 0.2) is 0 Å². The van der Waals surface area contributed by atoms with Crippen LogP contribution in [0.1, 0.15) is 6.92 Å². The third kappa shape index (κ3) is 4.31. The van der Waals surface area contributed by atoms with E-state index >= 15 is 0 Å². The lowest BCUT2D eigenvalue weighted by Crippen LogP contribution is -2.30. The van der Waals surface area contributed by atoms with Crippen LogP contribution >= 0.6 is 0 Å². The van der Waals surface area contributed by atoms with Crippen molar-refractivity contribution in [2.75, 3.05) is 13.6 Å². The zero-order valence-corrected chi connectivity index (χ0v) is 6.40. The summed E-state index contributed by atoms with van der Waals surface area (Å²) in [4.78, 5) is 11.6. The molecule has 0 N–H and O–H groups in total. The third-order valence-electron chi connectivity index (χ3n) is 0.991. The second kappa shape index (κ2) is 4.67. The van der Waals surface area contributed by atoms with Crippen molar-refractivity contribution < 1.29 is 13.6 Å². The van der Waals surface area contributed by atoms with Gasteiger partial charge in [-0.3, -0.25) is 4.79 Å². The highest BCUT2D eigenvalue weighted by molar-refractivity contribution is 5.93. The van der Waals surface area contributed by atoms with Crippen molar-refractivity contribution in [2.24, 2.45) is 0 Å². The van der Waals surface area contributed by atoms with E-state index in [1.165, 1.54) is 14.0 Å². The molecule has 0 rings (SSSR count). The molecule has 0 aliphatic heterocycles. The lowest BCUT2D eigenvalue weighted by Gasteiger charge is -2.11. The highest BCUT2D eigenvalue weighted by Gasteiger charge is 2.10. The first-order valence-electron chi connectivity index (χ1n) is 3.04. The van der Waals surface area contributed by atoms with Gasteiger partial charge in [0, 0.05) is 7.05 Å². The second-order valence-corrected chi connectivity index (χ2v) is 1.95. The summed E-state index contributed by atoms with van der Waals surface area (Å²) in [7, 11) is 1.29. The van der Waals surface area contributed by atoms with Gasteiger partial charge in [0.05, 0.1) is 6.54 Å². The lowest BCUT2D eigenvalue weighted by atomic mass is 10.5. The molecule has 0 aliphatic rings. The zero-order valence-electron chi connectivity index (χ0n) is 6.40. The predicted octanol–water partition coefficient (Wildman–Crippen LogP) is 0.733. The summed E-state index contributed by atoms with van der Waals surface area (Å²) in [5.41, 5.74) is 0. The quantitative estimate of drug-likeness (QED) is 0.547. The largest absolute Gasteiger partial charge is 0.329 e. The van der Waals surface area contributed by atoms with Crippen LogP contribution in [0.4, 0.5) is 8.78 Å². The minimum atomic E-state index is -2.50. The first kappa shape index (κ1) is 9.89. The fraction of sp³-hybridized carbons (Fsp3) is 0.571. The van der Waals surface area contributed by atoms with Gasteiger partial charge in [0.2, 0.25) is 0 Å². The summed E-state index contributed by atoms with van der Waals surface area (Å²) in [5.74, 6) is 3.91. The minimum absolute atomic E-state index is 0.562. The molecule has 0 aromatic rings. The molecule has 0 saturated heterocycles. The van der Waals surface area contributed by atoms with E-state index in [2.05, 4.69) is 11.8 Å². The van der Waals surface area contributed by atoms with Gasteiger partial charge in [0.15, 0.2) is 0 Å². The van der Waals surface area contributed by atoms with Gasteiger partial charge < -0.3 is 4.90 Å². The van der Waals surface area contributed by atoms with Gasteiger partial charge in [-0.15, -0.1) is 0 Å². The molecule has 0 saturated carbocycles. The van der Waals surface area contributed by atoms with E-state index in [0.717, 1.165) is 4.90 Å². The Hall–Kier alpha value is -1.11. The first-order valence-corrected chi connectivity index (χ1v) is 3.04. The van der Waals surface area contributed by atoms with Crippen LogP contribution in [-0.4, -0.2) is 30.8 Å². The Labute approximate surface area is 64.2 Å². The smallest absolute Gasteiger partial charge is 0.298 e. The van der Waals surface area contributed by atoms with Gasteiger partial charge in [-0.05, 0) is 12.8 Å². The summed E-state index contributed by atoms with van der Waals surface area (Å²) in [6.45, 7) is 0.918. The zero-order chi connectivity index (χ0) is 8.85. The Bertz CT molecular complexity index is 192. The van der Waals surface area contributed by atoms with Crippen LogP contribution in [-0.2, 0) is 4.79 Å². The summed E-state index contributed by atoms with van der Waals surface area (Å²) in [5, 5.41) is 0. The Morgan fingerprint density at radius 3 is 2.55 bits per heavy atom. The maximum Gasteiger partial charge on any atom is 0.298 e. The molecule has 0 aromatic heterocycles. The molecule has 62 valence electrons. The molecule has 0 aromatic carbocycles. The van der Waals surface area contributed by atoms with Gasteiger partial charge in [-0.2, -0.15) is 0 Å². The van der Waals surface area contributed by atoms with Gasteiger partial charge in [0.25, 0.3) is 12.3 Å². The first-order chi connectivity index (χ1) is 5.07. The normalized spacial score (nSPS) is 8.82. The average molecular weight is 161 g/mol. The van der Waals surface area contributed by atoms with Crippen LogP contribution in [0.5, 0.6) is 0 Å². The van der Waals surface area contributed by atoms with Crippen molar-refractivity contribution in [1.29, 1.82) is 0 Å². The Morgan fingerprint density at radius 2 is 2.18 bits per heavy atom. The minimum Gasteiger partial charge on any atom is -0.329 e. The Kier molecular flexibility index (Phi) is 4.20. The molecule has 0 spiro atoms. The SMILES string of the molecule is CC#CC(=O)N(C)CC(F)F.